The van der Waals surface area contributed by atoms with Crippen molar-refractivity contribution in [3.63, 3.8) is 0 Å². The van der Waals surface area contributed by atoms with Gasteiger partial charge < -0.3 is 14.6 Å². The Kier molecular flexibility index (Phi) is 3.55. The number of carboxylic acids is 1. The van der Waals surface area contributed by atoms with Crippen LogP contribution in [-0.4, -0.2) is 21.1 Å². The van der Waals surface area contributed by atoms with E-state index in [1.54, 1.807) is 36.4 Å². The van der Waals surface area contributed by atoms with Gasteiger partial charge in [0.25, 0.3) is 0 Å². The Labute approximate surface area is 129 Å². The van der Waals surface area contributed by atoms with Crippen LogP contribution < -0.4 is 0 Å². The highest BCUT2D eigenvalue weighted by molar-refractivity contribution is 6.01. The summed E-state index contributed by atoms with van der Waals surface area (Å²) in [5.41, 5.74) is 0.790. The van der Waals surface area contributed by atoms with Gasteiger partial charge in [-0.15, -0.1) is 0 Å². The van der Waals surface area contributed by atoms with E-state index in [9.17, 15) is 20.0 Å². The molecule has 0 aliphatic carbocycles. The van der Waals surface area contributed by atoms with Crippen molar-refractivity contribution in [2.45, 2.75) is 6.10 Å². The molecular formula is C16H11NO6. The summed E-state index contributed by atoms with van der Waals surface area (Å²) in [4.78, 5) is 21.7. The number of hydrogen-bond donors (Lipinski definition) is 2. The number of aliphatic hydroxyl groups is 1. The van der Waals surface area contributed by atoms with E-state index in [4.69, 9.17) is 9.52 Å². The first kappa shape index (κ1) is 14.7. The highest BCUT2D eigenvalue weighted by Gasteiger charge is 2.29. The summed E-state index contributed by atoms with van der Waals surface area (Å²) < 4.78 is 5.30. The Bertz CT molecular complexity index is 900. The number of carbonyl (C=O) groups is 1. The number of fused-ring (bicyclic) bond motifs is 1. The summed E-state index contributed by atoms with van der Waals surface area (Å²) in [6.45, 7) is 0. The van der Waals surface area contributed by atoms with Crippen molar-refractivity contribution in [3.8, 4) is 11.1 Å². The number of para-hydroxylation sites is 1. The molecule has 1 heterocycles. The number of carboxylic acid groups (broad SMARTS) is 1. The normalized spacial score (nSPS) is 12.2. The molecule has 0 aliphatic heterocycles. The summed E-state index contributed by atoms with van der Waals surface area (Å²) in [6.07, 6.45) is -1.83. The molecule has 7 nitrogen and oxygen atoms in total. The molecule has 0 saturated carbocycles. The first-order valence-corrected chi connectivity index (χ1v) is 6.66. The predicted octanol–water partition coefficient (Wildman–Crippen LogP) is 3.13. The maximum atomic E-state index is 11.3. The van der Waals surface area contributed by atoms with Crippen LogP contribution in [0.5, 0.6) is 0 Å². The maximum Gasteiger partial charge on any atom is 0.442 e. The van der Waals surface area contributed by atoms with Crippen LogP contribution in [0.3, 0.4) is 0 Å². The molecule has 116 valence electrons. The number of rotatable bonds is 4. The zero-order valence-corrected chi connectivity index (χ0v) is 11.7. The minimum atomic E-state index is -1.83. The fourth-order valence-corrected chi connectivity index (χ4v) is 2.49. The minimum absolute atomic E-state index is 0.00652. The second kappa shape index (κ2) is 5.54. The Morgan fingerprint density at radius 1 is 1.13 bits per heavy atom. The smallest absolute Gasteiger partial charge is 0.442 e. The first-order chi connectivity index (χ1) is 11.0. The van der Waals surface area contributed by atoms with E-state index in [1.165, 1.54) is 12.1 Å². The Morgan fingerprint density at radius 3 is 2.43 bits per heavy atom. The molecular weight excluding hydrogens is 302 g/mol. The molecule has 1 aromatic heterocycles. The van der Waals surface area contributed by atoms with Crippen LogP contribution in [0.15, 0.2) is 52.9 Å². The van der Waals surface area contributed by atoms with Gasteiger partial charge in [-0.3, -0.25) is 10.1 Å². The van der Waals surface area contributed by atoms with Crippen LogP contribution in [-0.2, 0) is 4.79 Å². The Morgan fingerprint density at radius 2 is 1.83 bits per heavy atom. The fourth-order valence-electron chi connectivity index (χ4n) is 2.49. The molecule has 2 aromatic carbocycles. The van der Waals surface area contributed by atoms with Gasteiger partial charge in [0.1, 0.15) is 16.1 Å². The third kappa shape index (κ3) is 2.43. The molecule has 0 radical (unpaired) electrons. The van der Waals surface area contributed by atoms with Gasteiger partial charge >= 0.3 is 11.9 Å². The third-order valence-corrected chi connectivity index (χ3v) is 3.48. The van der Waals surface area contributed by atoms with E-state index in [-0.39, 0.29) is 16.7 Å². The molecule has 1 atom stereocenters. The lowest BCUT2D eigenvalue weighted by Gasteiger charge is -2.05. The molecule has 0 amide bonds. The highest BCUT2D eigenvalue weighted by atomic mass is 16.6. The molecule has 0 aliphatic rings. The van der Waals surface area contributed by atoms with Crippen molar-refractivity contribution in [1.82, 2.24) is 0 Å². The highest BCUT2D eigenvalue weighted by Crippen LogP contribution is 2.41. The molecule has 3 aromatic rings. The monoisotopic (exact) mass is 313 g/mol. The number of aliphatic hydroxyl groups excluding tert-OH is 1. The van der Waals surface area contributed by atoms with Crippen LogP contribution in [0.25, 0.3) is 22.1 Å². The lowest BCUT2D eigenvalue weighted by Crippen LogP contribution is -2.10. The molecule has 0 fully saturated rings. The molecule has 2 N–H and O–H groups in total. The number of nitro groups is 1. The molecule has 7 heteroatoms. The predicted molar refractivity (Wildman–Crippen MR) is 80.9 cm³/mol. The zero-order valence-electron chi connectivity index (χ0n) is 11.7. The van der Waals surface area contributed by atoms with Crippen LogP contribution in [0.1, 0.15) is 11.7 Å². The van der Waals surface area contributed by atoms with Gasteiger partial charge in [0.05, 0.1) is 0 Å². The SMILES string of the molecule is O=C(O)C(O)c1cccc2c(-c3ccccc3)c([N+](=O)[O-])oc12. The number of furan rings is 1. The third-order valence-electron chi connectivity index (χ3n) is 3.48. The molecule has 23 heavy (non-hydrogen) atoms. The summed E-state index contributed by atoms with van der Waals surface area (Å²) in [5, 5.41) is 30.4. The van der Waals surface area contributed by atoms with Gasteiger partial charge in [0, 0.05) is 10.9 Å². The van der Waals surface area contributed by atoms with Gasteiger partial charge in [0.2, 0.25) is 0 Å². The average molecular weight is 313 g/mol. The summed E-state index contributed by atoms with van der Waals surface area (Å²) in [5.74, 6) is -1.95. The summed E-state index contributed by atoms with van der Waals surface area (Å²) >= 11 is 0. The lowest BCUT2D eigenvalue weighted by molar-refractivity contribution is -0.400. The molecule has 3 rings (SSSR count). The van der Waals surface area contributed by atoms with Gasteiger partial charge in [-0.1, -0.05) is 48.5 Å². The summed E-state index contributed by atoms with van der Waals surface area (Å²) in [7, 11) is 0. The quantitative estimate of drug-likeness (QED) is 0.565. The van der Waals surface area contributed by atoms with E-state index in [0.29, 0.717) is 10.9 Å². The second-order valence-corrected chi connectivity index (χ2v) is 4.87. The van der Waals surface area contributed by atoms with Crippen LogP contribution in [0.4, 0.5) is 5.88 Å². The van der Waals surface area contributed by atoms with Gasteiger partial charge in [-0.25, -0.2) is 4.79 Å². The van der Waals surface area contributed by atoms with E-state index in [1.807, 2.05) is 0 Å². The van der Waals surface area contributed by atoms with E-state index < -0.39 is 22.9 Å². The minimum Gasteiger partial charge on any atom is -0.479 e. The number of aliphatic carboxylic acids is 1. The largest absolute Gasteiger partial charge is 0.479 e. The number of hydrogen-bond acceptors (Lipinski definition) is 5. The summed E-state index contributed by atoms with van der Waals surface area (Å²) in [6, 6.07) is 13.1. The van der Waals surface area contributed by atoms with Gasteiger partial charge in [0.15, 0.2) is 6.10 Å². The molecule has 0 saturated heterocycles. The topological polar surface area (TPSA) is 114 Å². The van der Waals surface area contributed by atoms with Crippen LogP contribution in [0, 0.1) is 10.1 Å². The van der Waals surface area contributed by atoms with E-state index in [2.05, 4.69) is 0 Å². The fraction of sp³-hybridized carbons (Fsp3) is 0.0625. The van der Waals surface area contributed by atoms with Crippen molar-refractivity contribution in [2.75, 3.05) is 0 Å². The van der Waals surface area contributed by atoms with Crippen molar-refractivity contribution < 1.29 is 24.3 Å². The van der Waals surface area contributed by atoms with Crippen molar-refractivity contribution >= 4 is 22.8 Å². The zero-order chi connectivity index (χ0) is 16.6. The van der Waals surface area contributed by atoms with Crippen LogP contribution in [0.2, 0.25) is 0 Å². The van der Waals surface area contributed by atoms with Crippen molar-refractivity contribution in [1.29, 1.82) is 0 Å². The molecule has 0 bridgehead atoms. The maximum absolute atomic E-state index is 11.3. The number of nitrogens with zero attached hydrogens (tertiary/aromatic N) is 1. The van der Waals surface area contributed by atoms with Crippen LogP contribution >= 0.6 is 0 Å². The molecule has 1 unspecified atom stereocenters. The molecule has 0 spiro atoms. The average Bonchev–Trinajstić information content (AvgIpc) is 2.94. The lowest BCUT2D eigenvalue weighted by atomic mass is 10.0. The Hall–Kier alpha value is -3.19. The van der Waals surface area contributed by atoms with Crippen molar-refractivity contribution in [3.05, 3.63) is 64.2 Å². The standard InChI is InChI=1S/C16H11NO6/c18-13(16(19)20)11-8-4-7-10-12(9-5-2-1-3-6-9)15(17(21)22)23-14(10)11/h1-8,13,18H,(H,19,20). The Balaban J connectivity index is 2.36. The van der Waals surface area contributed by atoms with E-state index >= 15 is 0 Å². The second-order valence-electron chi connectivity index (χ2n) is 4.87. The number of benzene rings is 2. The van der Waals surface area contributed by atoms with Gasteiger partial charge in [-0.05, 0) is 5.56 Å². The van der Waals surface area contributed by atoms with E-state index in [0.717, 1.165) is 0 Å². The van der Waals surface area contributed by atoms with Crippen molar-refractivity contribution in [2.24, 2.45) is 0 Å². The first-order valence-electron chi connectivity index (χ1n) is 6.66. The van der Waals surface area contributed by atoms with Gasteiger partial charge in [-0.2, -0.15) is 0 Å².